The van der Waals surface area contributed by atoms with E-state index in [0.717, 1.165) is 13.1 Å². The fourth-order valence-corrected chi connectivity index (χ4v) is 2.47. The molecule has 1 heterocycles. The molecule has 0 spiro atoms. The van der Waals surface area contributed by atoms with E-state index < -0.39 is 0 Å². The van der Waals surface area contributed by atoms with Crippen LogP contribution in [0, 0.1) is 11.8 Å². The predicted molar refractivity (Wildman–Crippen MR) is 80.6 cm³/mol. The van der Waals surface area contributed by atoms with Gasteiger partial charge in [0.15, 0.2) is 0 Å². The number of hydrogen-bond donors (Lipinski definition) is 2. The number of amides is 1. The van der Waals surface area contributed by atoms with E-state index in [1.165, 1.54) is 12.8 Å². The van der Waals surface area contributed by atoms with Gasteiger partial charge in [-0.3, -0.25) is 4.79 Å². The summed E-state index contributed by atoms with van der Waals surface area (Å²) in [7, 11) is 1.83. The molecule has 0 bridgehead atoms. The molecule has 1 aliphatic heterocycles. The van der Waals surface area contributed by atoms with E-state index in [1.807, 2.05) is 7.05 Å². The van der Waals surface area contributed by atoms with Crippen LogP contribution in [0.1, 0.15) is 39.5 Å². The number of aliphatic hydroxyl groups excluding tert-OH is 1. The largest absolute Gasteiger partial charge is 0.393 e. The highest BCUT2D eigenvalue weighted by molar-refractivity contribution is 5.85. The third kappa shape index (κ3) is 7.14. The van der Waals surface area contributed by atoms with Crippen LogP contribution in [-0.2, 0) is 4.79 Å². The first-order valence-electron chi connectivity index (χ1n) is 7.13. The summed E-state index contributed by atoms with van der Waals surface area (Å²) in [6.07, 6.45) is 3.41. The highest BCUT2D eigenvalue weighted by Gasteiger charge is 2.23. The Kier molecular flexibility index (Phi) is 9.40. The summed E-state index contributed by atoms with van der Waals surface area (Å²) in [4.78, 5) is 13.8. The number of aliphatic hydroxyl groups is 1. The maximum absolute atomic E-state index is 12.0. The van der Waals surface area contributed by atoms with E-state index in [1.54, 1.807) is 11.8 Å². The van der Waals surface area contributed by atoms with Crippen LogP contribution >= 0.6 is 12.4 Å². The lowest BCUT2D eigenvalue weighted by molar-refractivity contribution is -0.131. The zero-order valence-corrected chi connectivity index (χ0v) is 13.2. The van der Waals surface area contributed by atoms with Gasteiger partial charge >= 0.3 is 0 Å². The number of halogens is 1. The number of hydrogen-bond acceptors (Lipinski definition) is 3. The molecule has 1 saturated heterocycles. The molecule has 0 aromatic rings. The molecule has 114 valence electrons. The van der Waals surface area contributed by atoms with Crippen LogP contribution in [0.5, 0.6) is 0 Å². The first-order chi connectivity index (χ1) is 8.50. The third-order valence-corrected chi connectivity index (χ3v) is 3.94. The number of carbonyl (C=O) groups is 1. The van der Waals surface area contributed by atoms with E-state index in [-0.39, 0.29) is 24.4 Å². The molecule has 0 saturated carbocycles. The maximum atomic E-state index is 12.0. The minimum Gasteiger partial charge on any atom is -0.393 e. The Balaban J connectivity index is 0.00000324. The monoisotopic (exact) mass is 292 g/mol. The van der Waals surface area contributed by atoms with Crippen molar-refractivity contribution in [3.63, 3.8) is 0 Å². The fraction of sp³-hybridized carbons (Fsp3) is 0.929. The first kappa shape index (κ1) is 18.7. The van der Waals surface area contributed by atoms with Crippen LogP contribution in [0.25, 0.3) is 0 Å². The second kappa shape index (κ2) is 9.56. The number of rotatable bonds is 6. The van der Waals surface area contributed by atoms with Crippen LogP contribution in [0.4, 0.5) is 0 Å². The number of nitrogens with one attached hydrogen (secondary N) is 1. The number of piperidine rings is 1. The van der Waals surface area contributed by atoms with Crippen LogP contribution in [0.3, 0.4) is 0 Å². The predicted octanol–water partition coefficient (Wildman–Crippen LogP) is 1.66. The second-order valence-corrected chi connectivity index (χ2v) is 5.74. The Morgan fingerprint density at radius 2 is 2.16 bits per heavy atom. The average molecular weight is 293 g/mol. The molecule has 1 rings (SSSR count). The molecule has 1 fully saturated rings. The van der Waals surface area contributed by atoms with Crippen LogP contribution in [0.2, 0.25) is 0 Å². The lowest BCUT2D eigenvalue weighted by atomic mass is 9.85. The molecule has 5 heteroatoms. The van der Waals surface area contributed by atoms with Crippen molar-refractivity contribution < 1.29 is 9.90 Å². The Morgan fingerprint density at radius 1 is 1.47 bits per heavy atom. The van der Waals surface area contributed by atoms with Gasteiger partial charge in [-0.1, -0.05) is 6.92 Å². The lowest BCUT2D eigenvalue weighted by Crippen LogP contribution is -2.36. The van der Waals surface area contributed by atoms with E-state index in [9.17, 15) is 9.90 Å². The van der Waals surface area contributed by atoms with Crippen LogP contribution in [0.15, 0.2) is 0 Å². The van der Waals surface area contributed by atoms with Gasteiger partial charge in [0.25, 0.3) is 0 Å². The third-order valence-electron chi connectivity index (χ3n) is 3.94. The summed E-state index contributed by atoms with van der Waals surface area (Å²) >= 11 is 0. The normalized spacial score (nSPS) is 22.2. The Morgan fingerprint density at radius 3 is 2.68 bits per heavy atom. The summed E-state index contributed by atoms with van der Waals surface area (Å²) in [5, 5.41) is 12.6. The topological polar surface area (TPSA) is 52.6 Å². The van der Waals surface area contributed by atoms with Gasteiger partial charge in [-0.2, -0.15) is 0 Å². The van der Waals surface area contributed by atoms with E-state index >= 15 is 0 Å². The summed E-state index contributed by atoms with van der Waals surface area (Å²) in [6, 6.07) is 0. The lowest BCUT2D eigenvalue weighted by Gasteiger charge is -2.29. The minimum atomic E-state index is -0.333. The van der Waals surface area contributed by atoms with Crippen molar-refractivity contribution in [1.82, 2.24) is 10.2 Å². The van der Waals surface area contributed by atoms with Crippen molar-refractivity contribution in [2.75, 3.05) is 26.7 Å². The van der Waals surface area contributed by atoms with Crippen molar-refractivity contribution >= 4 is 18.3 Å². The Hall–Kier alpha value is -0.320. The highest BCUT2D eigenvalue weighted by atomic mass is 35.5. The minimum absolute atomic E-state index is 0. The summed E-state index contributed by atoms with van der Waals surface area (Å²) in [5.41, 5.74) is 0. The van der Waals surface area contributed by atoms with Gasteiger partial charge < -0.3 is 15.3 Å². The summed E-state index contributed by atoms with van der Waals surface area (Å²) < 4.78 is 0. The molecule has 0 aliphatic carbocycles. The van der Waals surface area contributed by atoms with Crippen LogP contribution < -0.4 is 5.32 Å². The molecule has 1 amide bonds. The number of carbonyl (C=O) groups excluding carboxylic acids is 1. The molecular formula is C14H29ClN2O2. The highest BCUT2D eigenvalue weighted by Crippen LogP contribution is 2.23. The summed E-state index contributed by atoms with van der Waals surface area (Å²) in [6.45, 7) is 6.75. The quantitative estimate of drug-likeness (QED) is 0.783. The van der Waals surface area contributed by atoms with E-state index in [2.05, 4.69) is 12.2 Å². The van der Waals surface area contributed by atoms with Crippen molar-refractivity contribution in [3.8, 4) is 0 Å². The van der Waals surface area contributed by atoms with E-state index in [0.29, 0.717) is 31.2 Å². The molecule has 3 atom stereocenters. The molecule has 3 unspecified atom stereocenters. The second-order valence-electron chi connectivity index (χ2n) is 5.74. The molecule has 4 nitrogen and oxygen atoms in total. The van der Waals surface area contributed by atoms with Gasteiger partial charge in [-0.25, -0.2) is 0 Å². The van der Waals surface area contributed by atoms with Gasteiger partial charge in [-0.05, 0) is 51.1 Å². The van der Waals surface area contributed by atoms with Gasteiger partial charge in [0.05, 0.1) is 6.10 Å². The molecule has 2 N–H and O–H groups in total. The fourth-order valence-electron chi connectivity index (χ4n) is 2.47. The average Bonchev–Trinajstić information content (AvgIpc) is 2.36. The smallest absolute Gasteiger partial charge is 0.222 e. The van der Waals surface area contributed by atoms with Crippen molar-refractivity contribution in [2.24, 2.45) is 11.8 Å². The molecule has 0 aromatic carbocycles. The van der Waals surface area contributed by atoms with Crippen molar-refractivity contribution in [3.05, 3.63) is 0 Å². The van der Waals surface area contributed by atoms with Gasteiger partial charge in [0.1, 0.15) is 0 Å². The molecule has 19 heavy (non-hydrogen) atoms. The first-order valence-corrected chi connectivity index (χ1v) is 7.13. The SMILES string of the molecule is CC(O)CCN(C)C(=O)CC(C)C1CCCNC1.Cl. The van der Waals surface area contributed by atoms with Gasteiger partial charge in [-0.15, -0.1) is 12.4 Å². The van der Waals surface area contributed by atoms with Crippen molar-refractivity contribution in [2.45, 2.75) is 45.6 Å². The van der Waals surface area contributed by atoms with Crippen LogP contribution in [-0.4, -0.2) is 48.7 Å². The maximum Gasteiger partial charge on any atom is 0.222 e. The summed E-state index contributed by atoms with van der Waals surface area (Å²) in [5.74, 6) is 1.28. The zero-order chi connectivity index (χ0) is 13.5. The molecule has 0 radical (unpaired) electrons. The Labute approximate surface area is 123 Å². The zero-order valence-electron chi connectivity index (χ0n) is 12.4. The Bertz CT molecular complexity index is 256. The molecule has 1 aliphatic rings. The van der Waals surface area contributed by atoms with E-state index in [4.69, 9.17) is 0 Å². The van der Waals surface area contributed by atoms with Gasteiger partial charge in [0.2, 0.25) is 5.91 Å². The number of nitrogens with zero attached hydrogens (tertiary/aromatic N) is 1. The van der Waals surface area contributed by atoms with Gasteiger partial charge in [0, 0.05) is 20.0 Å². The molecular weight excluding hydrogens is 264 g/mol. The molecule has 0 aromatic heterocycles. The standard InChI is InChI=1S/C14H28N2O2.ClH/c1-11(13-5-4-7-15-10-13)9-14(18)16(3)8-6-12(2)17;/h11-13,15,17H,4-10H2,1-3H3;1H. The van der Waals surface area contributed by atoms with Crippen molar-refractivity contribution in [1.29, 1.82) is 0 Å².